The normalized spacial score (nSPS) is 18.9. The van der Waals surface area contributed by atoms with Crippen molar-refractivity contribution >= 4 is 18.0 Å². The number of benzene rings is 2. The maximum Gasteiger partial charge on any atom is 0.422 e. The predicted octanol–water partition coefficient (Wildman–Crippen LogP) is 3.81. The Morgan fingerprint density at radius 2 is 1.70 bits per heavy atom. The number of methoxy groups -OCH3 is 1. The number of hydrogen-bond donors (Lipinski definition) is 0. The van der Waals surface area contributed by atoms with E-state index in [4.69, 9.17) is 28.4 Å². The molecule has 15 heteroatoms. The zero-order valence-electron chi connectivity index (χ0n) is 25.0. The van der Waals surface area contributed by atoms with Crippen molar-refractivity contribution in [2.75, 3.05) is 53.3 Å². The molecule has 0 radical (unpaired) electrons. The molecule has 3 aliphatic heterocycles. The lowest BCUT2D eigenvalue weighted by molar-refractivity contribution is -0.295. The van der Waals surface area contributed by atoms with Gasteiger partial charge < -0.3 is 33.3 Å². The summed E-state index contributed by atoms with van der Waals surface area (Å²) in [5, 5.41) is 9.24. The van der Waals surface area contributed by atoms with Gasteiger partial charge in [0.05, 0.1) is 37.0 Å². The average Bonchev–Trinajstić information content (AvgIpc) is 3.45. The van der Waals surface area contributed by atoms with E-state index in [9.17, 15) is 32.8 Å². The van der Waals surface area contributed by atoms with Gasteiger partial charge in [0, 0.05) is 46.2 Å². The standard InChI is InChI=1S/C31H32F3N3O9/c1-41-14-15-43-20-37-28(40)46-29(31(37)44-26(38)27(39)45-31)8-11-36(12-9-29)10-3-13-42-19-23-6-7-24(30(32,33)34)17-25(23)22-5-2-4-21(16-22)18-35/h2,4-7,16-17H,3,8-15,19-20H2,1H3. The number of likely N-dealkylation sites (tertiary alicyclic amines) is 1. The molecular formula is C31H32F3N3O9. The minimum atomic E-state index is -4.53. The number of piperidine rings is 1. The lowest BCUT2D eigenvalue weighted by Crippen LogP contribution is -2.63. The summed E-state index contributed by atoms with van der Waals surface area (Å²) < 4.78 is 73.0. The van der Waals surface area contributed by atoms with E-state index in [-0.39, 0.29) is 39.4 Å². The van der Waals surface area contributed by atoms with Crippen LogP contribution in [0.4, 0.5) is 18.0 Å². The molecule has 0 N–H and O–H groups in total. The predicted molar refractivity (Wildman–Crippen MR) is 150 cm³/mol. The fourth-order valence-electron chi connectivity index (χ4n) is 5.77. The van der Waals surface area contributed by atoms with Gasteiger partial charge in [0.15, 0.2) is 0 Å². The van der Waals surface area contributed by atoms with Crippen LogP contribution in [-0.2, 0) is 50.8 Å². The lowest BCUT2D eigenvalue weighted by Gasteiger charge is -2.43. The number of hydrogen-bond acceptors (Lipinski definition) is 11. The quantitative estimate of drug-likeness (QED) is 0.189. The van der Waals surface area contributed by atoms with E-state index in [1.807, 2.05) is 6.07 Å². The van der Waals surface area contributed by atoms with Crippen molar-refractivity contribution in [3.05, 3.63) is 59.2 Å². The van der Waals surface area contributed by atoms with Gasteiger partial charge in [-0.3, -0.25) is 0 Å². The van der Waals surface area contributed by atoms with Crippen LogP contribution in [0.15, 0.2) is 42.5 Å². The van der Waals surface area contributed by atoms with Gasteiger partial charge in [-0.15, -0.1) is 0 Å². The molecule has 2 aromatic rings. The van der Waals surface area contributed by atoms with E-state index in [2.05, 4.69) is 4.90 Å². The topological polar surface area (TPSA) is 137 Å². The Morgan fingerprint density at radius 1 is 0.957 bits per heavy atom. The van der Waals surface area contributed by atoms with E-state index >= 15 is 0 Å². The van der Waals surface area contributed by atoms with Crippen molar-refractivity contribution in [1.29, 1.82) is 5.26 Å². The third-order valence-electron chi connectivity index (χ3n) is 8.14. The first-order valence-corrected chi connectivity index (χ1v) is 14.6. The van der Waals surface area contributed by atoms with Crippen LogP contribution in [0.25, 0.3) is 11.1 Å². The van der Waals surface area contributed by atoms with Gasteiger partial charge in [-0.05, 0) is 47.4 Å². The van der Waals surface area contributed by atoms with Crippen molar-refractivity contribution in [2.45, 2.75) is 43.6 Å². The van der Waals surface area contributed by atoms with Crippen LogP contribution >= 0.6 is 0 Å². The number of nitrogens with zero attached hydrogens (tertiary/aromatic N) is 3. The van der Waals surface area contributed by atoms with Gasteiger partial charge in [-0.25, -0.2) is 19.3 Å². The van der Waals surface area contributed by atoms with Crippen LogP contribution in [0, 0.1) is 11.3 Å². The number of rotatable bonds is 12. The summed E-state index contributed by atoms with van der Waals surface area (Å²) in [5.74, 6) is -4.53. The first-order chi connectivity index (χ1) is 22.0. The van der Waals surface area contributed by atoms with Crippen LogP contribution in [0.2, 0.25) is 0 Å². The molecule has 46 heavy (non-hydrogen) atoms. The van der Waals surface area contributed by atoms with E-state index in [1.165, 1.54) is 19.2 Å². The monoisotopic (exact) mass is 647 g/mol. The molecule has 0 saturated carbocycles. The largest absolute Gasteiger partial charge is 0.432 e. The van der Waals surface area contributed by atoms with Gasteiger partial charge >= 0.3 is 30.1 Å². The van der Waals surface area contributed by atoms with Crippen molar-refractivity contribution in [3.8, 4) is 17.2 Å². The molecule has 3 aliphatic rings. The smallest absolute Gasteiger partial charge is 0.422 e. The molecule has 3 saturated heterocycles. The third kappa shape index (κ3) is 6.66. The summed E-state index contributed by atoms with van der Waals surface area (Å²) in [6.07, 6.45) is -4.39. The van der Waals surface area contributed by atoms with E-state index < -0.39 is 41.3 Å². The van der Waals surface area contributed by atoms with Crippen LogP contribution in [-0.4, -0.2) is 92.6 Å². The number of carbonyl (C=O) groups is 3. The van der Waals surface area contributed by atoms with Gasteiger partial charge in [-0.1, -0.05) is 18.2 Å². The second-order valence-corrected chi connectivity index (χ2v) is 11.0. The summed E-state index contributed by atoms with van der Waals surface area (Å²) >= 11 is 0. The Morgan fingerprint density at radius 3 is 2.37 bits per heavy atom. The minimum Gasteiger partial charge on any atom is -0.432 e. The minimum absolute atomic E-state index is 0.0604. The van der Waals surface area contributed by atoms with Crippen LogP contribution in [0.1, 0.15) is 36.0 Å². The molecule has 0 atom stereocenters. The maximum absolute atomic E-state index is 13.5. The maximum atomic E-state index is 13.5. The summed E-state index contributed by atoms with van der Waals surface area (Å²) in [4.78, 5) is 40.1. The number of esters is 2. The highest BCUT2D eigenvalue weighted by atomic mass is 19.4. The van der Waals surface area contributed by atoms with Crippen LogP contribution in [0.5, 0.6) is 0 Å². The molecule has 5 rings (SSSR count). The number of halogens is 3. The average molecular weight is 648 g/mol. The fraction of sp³-hybridized carbons (Fsp3) is 0.484. The molecule has 3 fully saturated rings. The number of amides is 1. The number of ether oxygens (including phenoxy) is 6. The molecule has 2 spiro atoms. The Balaban J connectivity index is 1.17. The zero-order chi connectivity index (χ0) is 33.0. The number of fused-ring (bicyclic) bond motifs is 1. The van der Waals surface area contributed by atoms with Crippen molar-refractivity contribution < 1.29 is 56.0 Å². The Hall–Kier alpha value is -4.23. The molecular weight excluding hydrogens is 615 g/mol. The van der Waals surface area contributed by atoms with E-state index in [1.54, 1.807) is 18.2 Å². The van der Waals surface area contributed by atoms with Crippen LogP contribution < -0.4 is 0 Å². The SMILES string of the molecule is COCCOCN1C(=O)OC2(CCN(CCCOCc3ccc(C(F)(F)F)cc3-c3cccc(C#N)c3)CC2)C12OC(=O)C(=O)O2. The number of nitriles is 1. The number of alkyl halides is 3. The molecule has 0 aromatic heterocycles. The fourth-order valence-corrected chi connectivity index (χ4v) is 5.77. The summed E-state index contributed by atoms with van der Waals surface area (Å²) in [6.45, 7) is 1.82. The summed E-state index contributed by atoms with van der Waals surface area (Å²) in [7, 11) is 1.48. The summed E-state index contributed by atoms with van der Waals surface area (Å²) in [5.41, 5.74) is -0.529. The highest BCUT2D eigenvalue weighted by Crippen LogP contribution is 2.50. The van der Waals surface area contributed by atoms with Gasteiger partial charge in [0.1, 0.15) is 6.73 Å². The molecule has 1 amide bonds. The van der Waals surface area contributed by atoms with Crippen LogP contribution in [0.3, 0.4) is 0 Å². The second kappa shape index (κ2) is 13.6. The highest BCUT2D eigenvalue weighted by molar-refractivity contribution is 6.31. The Bertz CT molecular complexity index is 1490. The summed E-state index contributed by atoms with van der Waals surface area (Å²) in [6, 6.07) is 11.8. The van der Waals surface area contributed by atoms with E-state index in [0.717, 1.165) is 17.0 Å². The van der Waals surface area contributed by atoms with Crippen molar-refractivity contribution in [3.63, 3.8) is 0 Å². The first-order valence-electron chi connectivity index (χ1n) is 14.6. The van der Waals surface area contributed by atoms with E-state index in [0.29, 0.717) is 54.9 Å². The molecule has 12 nitrogen and oxygen atoms in total. The van der Waals surface area contributed by atoms with Gasteiger partial charge in [-0.2, -0.15) is 18.4 Å². The highest BCUT2D eigenvalue weighted by Gasteiger charge is 2.75. The number of carbonyl (C=O) groups excluding carboxylic acids is 3. The molecule has 0 aliphatic carbocycles. The van der Waals surface area contributed by atoms with Gasteiger partial charge in [0.25, 0.3) is 0 Å². The first kappa shape index (κ1) is 33.1. The molecule has 0 bridgehead atoms. The third-order valence-corrected chi connectivity index (χ3v) is 8.14. The Labute approximate surface area is 262 Å². The lowest BCUT2D eigenvalue weighted by atomic mass is 9.87. The van der Waals surface area contributed by atoms with Crippen molar-refractivity contribution in [1.82, 2.24) is 9.80 Å². The molecule has 3 heterocycles. The second-order valence-electron chi connectivity index (χ2n) is 11.0. The van der Waals surface area contributed by atoms with Gasteiger partial charge in [0.2, 0.25) is 5.60 Å². The molecule has 2 aromatic carbocycles. The Kier molecular flexibility index (Phi) is 9.82. The molecule has 246 valence electrons. The molecule has 0 unspecified atom stereocenters. The zero-order valence-corrected chi connectivity index (χ0v) is 25.0. The van der Waals surface area contributed by atoms with Crippen molar-refractivity contribution in [2.24, 2.45) is 0 Å².